The van der Waals surface area contributed by atoms with E-state index in [9.17, 15) is 18.0 Å². The molecule has 3 rings (SSSR count). The lowest BCUT2D eigenvalue weighted by Crippen LogP contribution is -2.53. The van der Waals surface area contributed by atoms with Gasteiger partial charge in [-0.1, -0.05) is 51.1 Å². The monoisotopic (exact) mass is 492 g/mol. The molecule has 2 aromatic carbocycles. The Bertz CT molecular complexity index is 946. The van der Waals surface area contributed by atoms with Crippen molar-refractivity contribution >= 4 is 11.7 Å². The first kappa shape index (κ1) is 26.8. The highest BCUT2D eigenvalue weighted by Gasteiger charge is 2.32. The van der Waals surface area contributed by atoms with Crippen molar-refractivity contribution < 1.29 is 22.7 Å². The van der Waals surface area contributed by atoms with E-state index in [2.05, 4.69) is 77.3 Å². The van der Waals surface area contributed by atoms with E-state index in [0.29, 0.717) is 18.3 Å². The Morgan fingerprint density at radius 1 is 1.11 bits per heavy atom. The van der Waals surface area contributed by atoms with Crippen molar-refractivity contribution in [1.82, 2.24) is 15.1 Å². The van der Waals surface area contributed by atoms with E-state index >= 15 is 0 Å². The molecule has 0 aliphatic carbocycles. The van der Waals surface area contributed by atoms with Crippen molar-refractivity contribution in [3.8, 4) is 5.75 Å². The van der Waals surface area contributed by atoms with Crippen molar-refractivity contribution in [2.24, 2.45) is 5.41 Å². The standard InChI is InChI=1S/C26H35F3N4O2/c1-25(2,3)23(31-24(34)30-20-10-12-22(13-11-20)35-26(27,28)29)18-32(4)21-14-15-33(17-21)16-19-8-6-5-7-9-19/h5-13,21,23H,14-18H2,1-4H3,(H2,30,31,34)/t21?,23-/m1/s1. The molecule has 0 aromatic heterocycles. The number of nitrogens with one attached hydrogen (secondary N) is 2. The minimum Gasteiger partial charge on any atom is -0.406 e. The Balaban J connectivity index is 1.53. The molecule has 0 bridgehead atoms. The van der Waals surface area contributed by atoms with E-state index in [-0.39, 0.29) is 17.2 Å². The van der Waals surface area contributed by atoms with Crippen molar-refractivity contribution in [3.05, 3.63) is 60.2 Å². The molecule has 192 valence electrons. The molecule has 1 saturated heterocycles. The van der Waals surface area contributed by atoms with Crippen molar-refractivity contribution in [1.29, 1.82) is 0 Å². The van der Waals surface area contributed by atoms with Crippen LogP contribution in [-0.2, 0) is 6.54 Å². The van der Waals surface area contributed by atoms with Gasteiger partial charge in [-0.25, -0.2) is 4.79 Å². The maximum atomic E-state index is 12.7. The van der Waals surface area contributed by atoms with Gasteiger partial charge in [0.1, 0.15) is 5.75 Å². The van der Waals surface area contributed by atoms with Crippen molar-refractivity contribution in [2.75, 3.05) is 32.0 Å². The van der Waals surface area contributed by atoms with Gasteiger partial charge in [-0.3, -0.25) is 4.90 Å². The lowest BCUT2D eigenvalue weighted by Gasteiger charge is -2.36. The second-order valence-electron chi connectivity index (χ2n) is 10.2. The first-order valence-corrected chi connectivity index (χ1v) is 11.8. The van der Waals surface area contributed by atoms with Gasteiger partial charge in [0, 0.05) is 44.0 Å². The second-order valence-corrected chi connectivity index (χ2v) is 10.2. The molecule has 2 aromatic rings. The number of hydrogen-bond acceptors (Lipinski definition) is 4. The fourth-order valence-electron chi connectivity index (χ4n) is 4.20. The van der Waals surface area contributed by atoms with Gasteiger partial charge in [0.2, 0.25) is 0 Å². The van der Waals surface area contributed by atoms with Gasteiger partial charge in [-0.15, -0.1) is 13.2 Å². The number of carbonyl (C=O) groups excluding carboxylic acids is 1. The topological polar surface area (TPSA) is 56.8 Å². The third kappa shape index (κ3) is 8.74. The van der Waals surface area contributed by atoms with E-state index < -0.39 is 12.4 Å². The molecule has 2 N–H and O–H groups in total. The lowest BCUT2D eigenvalue weighted by molar-refractivity contribution is -0.274. The van der Waals surface area contributed by atoms with Crippen LogP contribution in [-0.4, -0.2) is 61.0 Å². The number of likely N-dealkylation sites (tertiary alicyclic amines) is 1. The zero-order chi connectivity index (χ0) is 25.6. The molecule has 1 heterocycles. The summed E-state index contributed by atoms with van der Waals surface area (Å²) >= 11 is 0. The molecule has 1 fully saturated rings. The number of alkyl halides is 3. The first-order chi connectivity index (χ1) is 16.4. The predicted molar refractivity (Wildman–Crippen MR) is 131 cm³/mol. The average Bonchev–Trinajstić information content (AvgIpc) is 3.22. The van der Waals surface area contributed by atoms with Crippen LogP contribution in [0.5, 0.6) is 5.75 Å². The molecular weight excluding hydrogens is 457 g/mol. The largest absolute Gasteiger partial charge is 0.573 e. The fourth-order valence-corrected chi connectivity index (χ4v) is 4.20. The zero-order valence-corrected chi connectivity index (χ0v) is 20.7. The summed E-state index contributed by atoms with van der Waals surface area (Å²) in [5.41, 5.74) is 1.49. The predicted octanol–water partition coefficient (Wildman–Crippen LogP) is 5.33. The zero-order valence-electron chi connectivity index (χ0n) is 20.7. The van der Waals surface area contributed by atoms with Crippen LogP contribution in [0.4, 0.5) is 23.7 Å². The number of benzene rings is 2. The maximum absolute atomic E-state index is 12.7. The van der Waals surface area contributed by atoms with Crippen LogP contribution in [0.3, 0.4) is 0 Å². The van der Waals surface area contributed by atoms with Crippen LogP contribution in [0.1, 0.15) is 32.8 Å². The number of amides is 2. The molecule has 1 aliphatic rings. The third-order valence-corrected chi connectivity index (χ3v) is 6.29. The number of urea groups is 1. The molecule has 0 radical (unpaired) electrons. The highest BCUT2D eigenvalue weighted by molar-refractivity contribution is 5.89. The number of rotatable bonds is 8. The van der Waals surface area contributed by atoms with Crippen LogP contribution in [0.25, 0.3) is 0 Å². The third-order valence-electron chi connectivity index (χ3n) is 6.29. The van der Waals surface area contributed by atoms with Crippen LogP contribution in [0.2, 0.25) is 0 Å². The summed E-state index contributed by atoms with van der Waals surface area (Å²) in [4.78, 5) is 17.4. The summed E-state index contributed by atoms with van der Waals surface area (Å²) in [5.74, 6) is -0.337. The number of halogens is 3. The SMILES string of the molecule is CN(C[C@@H](NC(=O)Nc1ccc(OC(F)(F)F)cc1)C(C)(C)C)C1CCN(Cc2ccccc2)C1. The average molecular weight is 493 g/mol. The van der Waals surface area contributed by atoms with Gasteiger partial charge >= 0.3 is 12.4 Å². The molecule has 0 spiro atoms. The summed E-state index contributed by atoms with van der Waals surface area (Å²) in [5, 5.41) is 5.75. The minimum absolute atomic E-state index is 0.136. The lowest BCUT2D eigenvalue weighted by atomic mass is 9.86. The van der Waals surface area contributed by atoms with Crippen LogP contribution >= 0.6 is 0 Å². The normalized spacial score (nSPS) is 17.9. The van der Waals surface area contributed by atoms with Crippen molar-refractivity contribution in [2.45, 2.75) is 52.2 Å². The second kappa shape index (κ2) is 11.3. The highest BCUT2D eigenvalue weighted by atomic mass is 19.4. The first-order valence-electron chi connectivity index (χ1n) is 11.8. The molecule has 2 atom stereocenters. The van der Waals surface area contributed by atoms with Gasteiger partial charge in [0.25, 0.3) is 0 Å². The summed E-state index contributed by atoms with van der Waals surface area (Å²) in [7, 11) is 2.09. The molecule has 1 aliphatic heterocycles. The Morgan fingerprint density at radius 2 is 1.77 bits per heavy atom. The summed E-state index contributed by atoms with van der Waals surface area (Å²) in [6, 6.07) is 15.4. The van der Waals surface area contributed by atoms with Gasteiger partial charge in [0.15, 0.2) is 0 Å². The smallest absolute Gasteiger partial charge is 0.406 e. The number of likely N-dealkylation sites (N-methyl/N-ethyl adjacent to an activating group) is 1. The van der Waals surface area contributed by atoms with Crippen LogP contribution < -0.4 is 15.4 Å². The Hall–Kier alpha value is -2.78. The van der Waals surface area contributed by atoms with Gasteiger partial charge in [-0.05, 0) is 48.7 Å². The number of nitrogens with zero attached hydrogens (tertiary/aromatic N) is 2. The van der Waals surface area contributed by atoms with Gasteiger partial charge in [0.05, 0.1) is 0 Å². The molecule has 9 heteroatoms. The number of ether oxygens (including phenoxy) is 1. The van der Waals surface area contributed by atoms with Gasteiger partial charge in [-0.2, -0.15) is 0 Å². The van der Waals surface area contributed by atoms with E-state index in [1.54, 1.807) is 0 Å². The van der Waals surface area contributed by atoms with Crippen molar-refractivity contribution in [3.63, 3.8) is 0 Å². The van der Waals surface area contributed by atoms with E-state index in [4.69, 9.17) is 0 Å². The van der Waals surface area contributed by atoms with Crippen LogP contribution in [0.15, 0.2) is 54.6 Å². The summed E-state index contributed by atoms with van der Waals surface area (Å²) < 4.78 is 40.9. The quantitative estimate of drug-likeness (QED) is 0.523. The Kier molecular flexibility index (Phi) is 8.66. The van der Waals surface area contributed by atoms with Crippen LogP contribution in [0, 0.1) is 5.41 Å². The Labute approximate surface area is 205 Å². The summed E-state index contributed by atoms with van der Waals surface area (Å²) in [6.45, 7) is 9.84. The fraction of sp³-hybridized carbons (Fsp3) is 0.500. The number of anilines is 1. The maximum Gasteiger partial charge on any atom is 0.573 e. The molecule has 35 heavy (non-hydrogen) atoms. The molecule has 2 amide bonds. The molecular formula is C26H35F3N4O2. The van der Waals surface area contributed by atoms with E-state index in [0.717, 1.165) is 26.1 Å². The van der Waals surface area contributed by atoms with E-state index in [1.165, 1.54) is 29.8 Å². The van der Waals surface area contributed by atoms with Gasteiger partial charge < -0.3 is 20.3 Å². The molecule has 6 nitrogen and oxygen atoms in total. The number of carbonyl (C=O) groups is 1. The number of hydrogen-bond donors (Lipinski definition) is 2. The summed E-state index contributed by atoms with van der Waals surface area (Å²) in [6.07, 6.45) is -3.69. The highest BCUT2D eigenvalue weighted by Crippen LogP contribution is 2.25. The minimum atomic E-state index is -4.75. The Morgan fingerprint density at radius 3 is 2.37 bits per heavy atom. The molecule has 1 unspecified atom stereocenters. The molecule has 0 saturated carbocycles. The van der Waals surface area contributed by atoms with E-state index in [1.807, 2.05) is 6.07 Å².